The first-order valence-electron chi connectivity index (χ1n) is 6.03. The largest absolute Gasteiger partial charge is 0.493 e. The maximum atomic E-state index is 5.73. The van der Waals surface area contributed by atoms with E-state index in [0.717, 1.165) is 29.6 Å². The Kier molecular flexibility index (Phi) is 3.87. The summed E-state index contributed by atoms with van der Waals surface area (Å²) in [6, 6.07) is 7.61. The van der Waals surface area contributed by atoms with E-state index in [2.05, 4.69) is 16.5 Å². The quantitative estimate of drug-likeness (QED) is 0.814. The number of para-hydroxylation sites is 2. The van der Waals surface area contributed by atoms with Gasteiger partial charge in [0.2, 0.25) is 0 Å². The topological polar surface area (TPSA) is 36.3 Å². The molecule has 0 radical (unpaired) electrons. The van der Waals surface area contributed by atoms with E-state index in [0.29, 0.717) is 6.61 Å². The van der Waals surface area contributed by atoms with Crippen molar-refractivity contribution < 1.29 is 9.47 Å². The van der Waals surface area contributed by atoms with E-state index in [9.17, 15) is 0 Å². The van der Waals surface area contributed by atoms with Crippen LogP contribution in [0.3, 0.4) is 0 Å². The van der Waals surface area contributed by atoms with Crippen molar-refractivity contribution in [2.75, 3.05) is 7.11 Å². The van der Waals surface area contributed by atoms with Gasteiger partial charge in [0.15, 0.2) is 11.5 Å². The molecule has 4 heteroatoms. The Morgan fingerprint density at radius 1 is 1.22 bits per heavy atom. The molecule has 0 aliphatic carbocycles. The zero-order valence-corrected chi connectivity index (χ0v) is 11.0. The number of hydrogen-bond acceptors (Lipinski definition) is 3. The molecule has 96 valence electrons. The Hall–Kier alpha value is -1.97. The second-order valence-corrected chi connectivity index (χ2v) is 4.01. The summed E-state index contributed by atoms with van der Waals surface area (Å²) in [7, 11) is 1.64. The molecule has 0 aliphatic rings. The van der Waals surface area contributed by atoms with Gasteiger partial charge >= 0.3 is 0 Å². The van der Waals surface area contributed by atoms with Crippen molar-refractivity contribution >= 4 is 0 Å². The summed E-state index contributed by atoms with van der Waals surface area (Å²) in [5.74, 6) is 2.49. The average Bonchev–Trinajstić information content (AvgIpc) is 2.77. The van der Waals surface area contributed by atoms with Gasteiger partial charge in [-0.1, -0.05) is 12.1 Å². The maximum Gasteiger partial charge on any atom is 0.161 e. The number of imidazole rings is 1. The third-order valence-electron chi connectivity index (χ3n) is 2.81. The zero-order chi connectivity index (χ0) is 13.0. The van der Waals surface area contributed by atoms with Crippen LogP contribution in [0.15, 0.2) is 30.5 Å². The molecule has 4 nitrogen and oxygen atoms in total. The molecule has 0 unspecified atom stereocenters. The Labute approximate surface area is 107 Å². The monoisotopic (exact) mass is 246 g/mol. The second-order valence-electron chi connectivity index (χ2n) is 4.01. The lowest BCUT2D eigenvalue weighted by molar-refractivity contribution is 0.281. The number of nitrogens with zero attached hydrogens (tertiary/aromatic N) is 2. The van der Waals surface area contributed by atoms with Crippen LogP contribution in [0, 0.1) is 6.92 Å². The van der Waals surface area contributed by atoms with Gasteiger partial charge in [-0.3, -0.25) is 0 Å². The molecule has 0 saturated heterocycles. The van der Waals surface area contributed by atoms with Gasteiger partial charge < -0.3 is 14.0 Å². The molecule has 1 heterocycles. The smallest absolute Gasteiger partial charge is 0.161 e. The van der Waals surface area contributed by atoms with Gasteiger partial charge in [0, 0.05) is 12.7 Å². The number of benzene rings is 1. The fraction of sp³-hybridized carbons (Fsp3) is 0.357. The Morgan fingerprint density at radius 3 is 2.56 bits per heavy atom. The molecule has 0 saturated carbocycles. The van der Waals surface area contributed by atoms with Crippen LogP contribution in [0.5, 0.6) is 11.5 Å². The molecule has 0 N–H and O–H groups in total. The number of methoxy groups -OCH3 is 1. The van der Waals surface area contributed by atoms with Crippen molar-refractivity contribution in [2.24, 2.45) is 0 Å². The molecule has 2 rings (SSSR count). The fourth-order valence-corrected chi connectivity index (χ4v) is 1.85. The molecule has 1 aromatic carbocycles. The summed E-state index contributed by atoms with van der Waals surface area (Å²) < 4.78 is 13.1. The minimum absolute atomic E-state index is 0.453. The highest BCUT2D eigenvalue weighted by molar-refractivity contribution is 5.39. The van der Waals surface area contributed by atoms with Crippen molar-refractivity contribution in [3.8, 4) is 11.5 Å². The van der Waals surface area contributed by atoms with Crippen LogP contribution in [0.1, 0.15) is 18.4 Å². The first-order valence-corrected chi connectivity index (χ1v) is 6.03. The highest BCUT2D eigenvalue weighted by Crippen LogP contribution is 2.26. The Morgan fingerprint density at radius 2 is 1.94 bits per heavy atom. The lowest BCUT2D eigenvalue weighted by atomic mass is 10.3. The predicted molar refractivity (Wildman–Crippen MR) is 70.0 cm³/mol. The van der Waals surface area contributed by atoms with Crippen LogP contribution in [0.2, 0.25) is 0 Å². The third-order valence-corrected chi connectivity index (χ3v) is 2.81. The maximum absolute atomic E-state index is 5.73. The van der Waals surface area contributed by atoms with Gasteiger partial charge in [-0.2, -0.15) is 0 Å². The van der Waals surface area contributed by atoms with E-state index >= 15 is 0 Å². The van der Waals surface area contributed by atoms with Crippen LogP contribution < -0.4 is 9.47 Å². The average molecular weight is 246 g/mol. The highest BCUT2D eigenvalue weighted by atomic mass is 16.5. The van der Waals surface area contributed by atoms with E-state index in [1.54, 1.807) is 7.11 Å². The number of hydrogen-bond donors (Lipinski definition) is 0. The van der Waals surface area contributed by atoms with Crippen LogP contribution >= 0.6 is 0 Å². The Balaban J connectivity index is 2.06. The molecule has 2 aromatic rings. The molecule has 0 aliphatic heterocycles. The highest BCUT2D eigenvalue weighted by Gasteiger charge is 2.06. The van der Waals surface area contributed by atoms with Gasteiger partial charge in [-0.05, 0) is 26.0 Å². The van der Waals surface area contributed by atoms with Gasteiger partial charge in [-0.15, -0.1) is 0 Å². The van der Waals surface area contributed by atoms with E-state index < -0.39 is 0 Å². The molecule has 0 fully saturated rings. The molecule has 0 amide bonds. The van der Waals surface area contributed by atoms with Crippen LogP contribution in [-0.2, 0) is 13.2 Å². The van der Waals surface area contributed by atoms with Crippen molar-refractivity contribution in [3.63, 3.8) is 0 Å². The fourth-order valence-electron chi connectivity index (χ4n) is 1.85. The summed E-state index contributed by atoms with van der Waals surface area (Å²) >= 11 is 0. The summed E-state index contributed by atoms with van der Waals surface area (Å²) in [4.78, 5) is 4.45. The van der Waals surface area contributed by atoms with Gasteiger partial charge in [0.25, 0.3) is 0 Å². The molecule has 0 spiro atoms. The summed E-state index contributed by atoms with van der Waals surface area (Å²) in [5, 5.41) is 0. The number of ether oxygens (including phenoxy) is 2. The van der Waals surface area contributed by atoms with E-state index in [1.807, 2.05) is 37.4 Å². The molecular weight excluding hydrogens is 228 g/mol. The second kappa shape index (κ2) is 5.58. The predicted octanol–water partition coefficient (Wildman–Crippen LogP) is 2.80. The van der Waals surface area contributed by atoms with Crippen molar-refractivity contribution in [2.45, 2.75) is 27.0 Å². The molecule has 0 atom stereocenters. The number of aromatic nitrogens is 2. The van der Waals surface area contributed by atoms with Gasteiger partial charge in [-0.25, -0.2) is 4.98 Å². The van der Waals surface area contributed by atoms with Gasteiger partial charge in [0.05, 0.1) is 12.8 Å². The lowest BCUT2D eigenvalue weighted by Gasteiger charge is -2.08. The lowest BCUT2D eigenvalue weighted by Crippen LogP contribution is -1.97. The van der Waals surface area contributed by atoms with E-state index in [-0.39, 0.29) is 0 Å². The minimum atomic E-state index is 0.453. The zero-order valence-electron chi connectivity index (χ0n) is 11.0. The molecule has 0 bridgehead atoms. The summed E-state index contributed by atoms with van der Waals surface area (Å²) in [6.45, 7) is 5.47. The summed E-state index contributed by atoms with van der Waals surface area (Å²) in [6.07, 6.45) is 2.02. The van der Waals surface area contributed by atoms with Crippen molar-refractivity contribution in [3.05, 3.63) is 42.0 Å². The van der Waals surface area contributed by atoms with Crippen LogP contribution in [0.25, 0.3) is 0 Å². The Bertz CT molecular complexity index is 520. The molecule has 18 heavy (non-hydrogen) atoms. The number of rotatable bonds is 5. The van der Waals surface area contributed by atoms with Crippen LogP contribution in [0.4, 0.5) is 0 Å². The normalized spacial score (nSPS) is 10.4. The van der Waals surface area contributed by atoms with Crippen molar-refractivity contribution in [1.82, 2.24) is 9.55 Å². The molecule has 1 aromatic heterocycles. The van der Waals surface area contributed by atoms with E-state index in [1.165, 1.54) is 0 Å². The summed E-state index contributed by atoms with van der Waals surface area (Å²) in [5.41, 5.74) is 0.931. The first-order chi connectivity index (χ1) is 8.74. The third kappa shape index (κ3) is 2.64. The molecular formula is C14H18N2O2. The first kappa shape index (κ1) is 12.5. The van der Waals surface area contributed by atoms with Gasteiger partial charge in [0.1, 0.15) is 12.4 Å². The standard InChI is InChI=1S/C14H18N2O2/c1-4-16-9-12(15-11(16)2)10-18-14-8-6-5-7-13(14)17-3/h5-9H,4,10H2,1-3H3. The minimum Gasteiger partial charge on any atom is -0.493 e. The van der Waals surface area contributed by atoms with Crippen molar-refractivity contribution in [1.29, 1.82) is 0 Å². The SMILES string of the molecule is CCn1cc(COc2ccccc2OC)nc1C. The number of aryl methyl sites for hydroxylation is 2. The van der Waals surface area contributed by atoms with Crippen LogP contribution in [-0.4, -0.2) is 16.7 Å². The van der Waals surface area contributed by atoms with E-state index in [4.69, 9.17) is 9.47 Å².